The van der Waals surface area contributed by atoms with E-state index in [-0.39, 0.29) is 0 Å². The summed E-state index contributed by atoms with van der Waals surface area (Å²) in [6.45, 7) is 4.13. The van der Waals surface area contributed by atoms with Crippen molar-refractivity contribution in [1.82, 2.24) is 0 Å². The molecule has 0 spiro atoms. The Morgan fingerprint density at radius 2 is 1.93 bits per heavy atom. The molecular formula is C13H21NS. The highest BCUT2D eigenvalue weighted by molar-refractivity contribution is 8.13. The second-order valence-electron chi connectivity index (χ2n) is 4.25. The molecule has 1 nitrogen and oxygen atoms in total. The standard InChI is InChI=1S/C13H21NS/c1-11(2)9-10-13(15-3)14-12-7-5-4-6-8-12/h10,12H,4-8H2,1-3H3. The molecule has 2 heteroatoms. The second kappa shape index (κ2) is 6.92. The van der Waals surface area contributed by atoms with Gasteiger partial charge >= 0.3 is 0 Å². The number of hydrogen-bond acceptors (Lipinski definition) is 2. The minimum atomic E-state index is 0.566. The topological polar surface area (TPSA) is 12.4 Å². The third-order valence-corrected chi connectivity index (χ3v) is 3.22. The van der Waals surface area contributed by atoms with E-state index in [1.807, 2.05) is 6.08 Å². The molecule has 1 aliphatic carbocycles. The van der Waals surface area contributed by atoms with E-state index in [0.29, 0.717) is 6.04 Å². The van der Waals surface area contributed by atoms with Crippen molar-refractivity contribution in [3.63, 3.8) is 0 Å². The van der Waals surface area contributed by atoms with Crippen molar-refractivity contribution in [2.75, 3.05) is 6.26 Å². The lowest BCUT2D eigenvalue weighted by atomic mass is 9.96. The average molecular weight is 223 g/mol. The molecule has 1 aliphatic rings. The Kier molecular flexibility index (Phi) is 5.82. The summed E-state index contributed by atoms with van der Waals surface area (Å²) in [5.41, 5.74) is 4.43. The van der Waals surface area contributed by atoms with Crippen molar-refractivity contribution in [3.8, 4) is 0 Å². The van der Waals surface area contributed by atoms with Crippen molar-refractivity contribution >= 4 is 16.8 Å². The molecule has 1 fully saturated rings. The van der Waals surface area contributed by atoms with Gasteiger partial charge in [0.2, 0.25) is 0 Å². The molecule has 0 saturated heterocycles. The second-order valence-corrected chi connectivity index (χ2v) is 5.08. The summed E-state index contributed by atoms with van der Waals surface area (Å²) in [6.07, 6.45) is 10.7. The van der Waals surface area contributed by atoms with Gasteiger partial charge in [-0.2, -0.15) is 0 Å². The summed E-state index contributed by atoms with van der Waals surface area (Å²) in [6, 6.07) is 0.566. The van der Waals surface area contributed by atoms with E-state index in [9.17, 15) is 0 Å². The van der Waals surface area contributed by atoms with Crippen molar-refractivity contribution in [3.05, 3.63) is 17.4 Å². The molecule has 0 aromatic rings. The predicted molar refractivity (Wildman–Crippen MR) is 70.8 cm³/mol. The van der Waals surface area contributed by atoms with E-state index in [1.165, 1.54) is 37.7 Å². The molecule has 1 saturated carbocycles. The maximum Gasteiger partial charge on any atom is 0.0982 e. The highest BCUT2D eigenvalue weighted by atomic mass is 32.2. The largest absolute Gasteiger partial charge is 0.274 e. The van der Waals surface area contributed by atoms with E-state index in [1.54, 1.807) is 11.8 Å². The van der Waals surface area contributed by atoms with Crippen LogP contribution < -0.4 is 0 Å². The number of aliphatic imine (C=N–C) groups is 1. The van der Waals surface area contributed by atoms with Crippen molar-refractivity contribution < 1.29 is 0 Å². The molecule has 0 aromatic heterocycles. The summed E-state index contributed by atoms with van der Waals surface area (Å²) < 4.78 is 0. The summed E-state index contributed by atoms with van der Waals surface area (Å²) in [4.78, 5) is 4.77. The highest BCUT2D eigenvalue weighted by Crippen LogP contribution is 2.21. The molecule has 0 heterocycles. The van der Waals surface area contributed by atoms with Crippen molar-refractivity contribution in [2.24, 2.45) is 4.99 Å². The number of nitrogens with zero attached hydrogens (tertiary/aromatic N) is 1. The Bertz CT molecular complexity index is 275. The quantitative estimate of drug-likeness (QED) is 0.388. The first kappa shape index (κ1) is 12.6. The van der Waals surface area contributed by atoms with Crippen LogP contribution in [-0.2, 0) is 0 Å². The van der Waals surface area contributed by atoms with Crippen LogP contribution in [0.15, 0.2) is 22.4 Å². The smallest absolute Gasteiger partial charge is 0.0982 e. The van der Waals surface area contributed by atoms with E-state index in [0.717, 1.165) is 5.04 Å². The third-order valence-electron chi connectivity index (χ3n) is 2.58. The molecular weight excluding hydrogens is 202 g/mol. The molecule has 15 heavy (non-hydrogen) atoms. The SMILES string of the molecule is CSC(C=C=C(C)C)=NC1CCCCC1. The fourth-order valence-electron chi connectivity index (χ4n) is 1.75. The lowest BCUT2D eigenvalue weighted by Gasteiger charge is -2.17. The molecule has 0 radical (unpaired) electrons. The van der Waals surface area contributed by atoms with Crippen LogP contribution in [0.25, 0.3) is 0 Å². The number of rotatable bonds is 2. The highest BCUT2D eigenvalue weighted by Gasteiger charge is 2.11. The van der Waals surface area contributed by atoms with E-state index < -0.39 is 0 Å². The Morgan fingerprint density at radius 1 is 1.27 bits per heavy atom. The Labute approximate surface area is 97.8 Å². The van der Waals surface area contributed by atoms with Gasteiger partial charge in [-0.1, -0.05) is 19.3 Å². The van der Waals surface area contributed by atoms with Crippen LogP contribution in [0.3, 0.4) is 0 Å². The fourth-order valence-corrected chi connectivity index (χ4v) is 2.18. The van der Waals surface area contributed by atoms with Crippen LogP contribution in [0.2, 0.25) is 0 Å². The van der Waals surface area contributed by atoms with Crippen LogP contribution in [0.5, 0.6) is 0 Å². The molecule has 84 valence electrons. The molecule has 0 amide bonds. The Hall–Kier alpha value is -0.460. The van der Waals surface area contributed by atoms with Gasteiger partial charge in [-0.05, 0) is 38.5 Å². The average Bonchev–Trinajstić information content (AvgIpc) is 2.25. The van der Waals surface area contributed by atoms with E-state index >= 15 is 0 Å². The first-order valence-corrected chi connectivity index (χ1v) is 6.96. The lowest BCUT2D eigenvalue weighted by Crippen LogP contribution is -2.10. The Morgan fingerprint density at radius 3 is 2.47 bits per heavy atom. The van der Waals surface area contributed by atoms with E-state index in [4.69, 9.17) is 4.99 Å². The van der Waals surface area contributed by atoms with Crippen molar-refractivity contribution in [2.45, 2.75) is 52.0 Å². The maximum absolute atomic E-state index is 4.77. The van der Waals surface area contributed by atoms with Crippen LogP contribution in [-0.4, -0.2) is 17.3 Å². The van der Waals surface area contributed by atoms with Crippen LogP contribution in [0.1, 0.15) is 46.0 Å². The van der Waals surface area contributed by atoms with Crippen LogP contribution in [0.4, 0.5) is 0 Å². The van der Waals surface area contributed by atoms with Gasteiger partial charge in [0.25, 0.3) is 0 Å². The first-order chi connectivity index (χ1) is 7.22. The molecule has 0 aromatic carbocycles. The van der Waals surface area contributed by atoms with Gasteiger partial charge in [-0.3, -0.25) is 4.99 Å². The zero-order chi connectivity index (χ0) is 11.1. The van der Waals surface area contributed by atoms with Gasteiger partial charge in [-0.15, -0.1) is 17.5 Å². The van der Waals surface area contributed by atoms with Gasteiger partial charge < -0.3 is 0 Å². The fraction of sp³-hybridized carbons (Fsp3) is 0.692. The van der Waals surface area contributed by atoms with Gasteiger partial charge in [0.1, 0.15) is 0 Å². The molecule has 0 bridgehead atoms. The minimum absolute atomic E-state index is 0.566. The van der Waals surface area contributed by atoms with Gasteiger partial charge in [-0.25, -0.2) is 0 Å². The minimum Gasteiger partial charge on any atom is -0.274 e. The maximum atomic E-state index is 4.77. The molecule has 1 rings (SSSR count). The first-order valence-electron chi connectivity index (χ1n) is 5.74. The summed E-state index contributed by atoms with van der Waals surface area (Å²) in [5, 5.41) is 1.13. The zero-order valence-corrected chi connectivity index (χ0v) is 10.9. The van der Waals surface area contributed by atoms with Crippen molar-refractivity contribution in [1.29, 1.82) is 0 Å². The van der Waals surface area contributed by atoms with Crippen LogP contribution in [0, 0.1) is 0 Å². The van der Waals surface area contributed by atoms with Crippen LogP contribution >= 0.6 is 11.8 Å². The monoisotopic (exact) mass is 223 g/mol. The normalized spacial score (nSPS) is 18.5. The van der Waals surface area contributed by atoms with E-state index in [2.05, 4.69) is 25.8 Å². The number of thioether (sulfide) groups is 1. The predicted octanol–water partition coefficient (Wildman–Crippen LogP) is 4.20. The number of hydrogen-bond donors (Lipinski definition) is 0. The molecule has 0 aliphatic heterocycles. The van der Waals surface area contributed by atoms with Gasteiger partial charge in [0.05, 0.1) is 11.1 Å². The Balaban J connectivity index is 2.63. The van der Waals surface area contributed by atoms with Gasteiger partial charge in [0, 0.05) is 6.08 Å². The third kappa shape index (κ3) is 5.25. The molecule has 0 atom stereocenters. The lowest BCUT2D eigenvalue weighted by molar-refractivity contribution is 0.444. The summed E-state index contributed by atoms with van der Waals surface area (Å²) in [7, 11) is 0. The zero-order valence-electron chi connectivity index (χ0n) is 10.0. The van der Waals surface area contributed by atoms with Gasteiger partial charge in [0.15, 0.2) is 0 Å². The molecule has 0 unspecified atom stereocenters. The molecule has 0 N–H and O–H groups in total. The summed E-state index contributed by atoms with van der Waals surface area (Å²) in [5.74, 6) is 0. The summed E-state index contributed by atoms with van der Waals surface area (Å²) >= 11 is 1.72.